The average molecular weight is 469 g/mol. The molecular weight excluding hydrogens is 447 g/mol. The van der Waals surface area contributed by atoms with Crippen LogP contribution in [0.5, 0.6) is 5.75 Å². The Bertz CT molecular complexity index is 1230. The third-order valence-corrected chi connectivity index (χ3v) is 5.88. The molecule has 0 unspecified atom stereocenters. The van der Waals surface area contributed by atoms with Gasteiger partial charge in [-0.2, -0.15) is 0 Å². The second-order valence-corrected chi connectivity index (χ2v) is 9.71. The zero-order valence-electron chi connectivity index (χ0n) is 17.3. The van der Waals surface area contributed by atoms with Gasteiger partial charge in [0.2, 0.25) is 0 Å². The molecule has 7 nitrogen and oxygen atoms in total. The molecule has 2 aromatic heterocycles. The van der Waals surface area contributed by atoms with Crippen molar-refractivity contribution in [2.45, 2.75) is 31.2 Å². The average Bonchev–Trinajstić information content (AvgIpc) is 2.68. The van der Waals surface area contributed by atoms with E-state index in [4.69, 9.17) is 27.9 Å². The largest absolute Gasteiger partial charge is 0.491 e. The highest BCUT2D eigenvalue weighted by Gasteiger charge is 2.23. The minimum absolute atomic E-state index is 0.321. The highest BCUT2D eigenvalue weighted by molar-refractivity contribution is 7.99. The molecule has 30 heavy (non-hydrogen) atoms. The Balaban J connectivity index is 1.95. The maximum absolute atomic E-state index is 12.8. The number of fused-ring (bicyclic) bond motifs is 1. The second kappa shape index (κ2) is 8.61. The van der Waals surface area contributed by atoms with Crippen LogP contribution in [0.15, 0.2) is 32.8 Å². The third kappa shape index (κ3) is 4.50. The van der Waals surface area contributed by atoms with Crippen LogP contribution in [0.25, 0.3) is 11.0 Å². The third-order valence-electron chi connectivity index (χ3n) is 4.41. The summed E-state index contributed by atoms with van der Waals surface area (Å²) >= 11 is 13.4. The van der Waals surface area contributed by atoms with Crippen LogP contribution in [0.4, 0.5) is 0 Å². The van der Waals surface area contributed by atoms with Crippen LogP contribution >= 0.6 is 35.0 Å². The standard InChI is InChI=1S/C20H22Cl2N4O3S/c1-20(2,3)18-23-15-14(17(27)26(5)19(28)25(15)4)16(24-18)30-9-8-29-13-7-6-11(21)10-12(13)22/h6-7,10H,8-9H2,1-5H3. The van der Waals surface area contributed by atoms with Crippen molar-refractivity contribution in [2.24, 2.45) is 14.1 Å². The Morgan fingerprint density at radius 3 is 2.43 bits per heavy atom. The summed E-state index contributed by atoms with van der Waals surface area (Å²) in [6, 6.07) is 5.02. The van der Waals surface area contributed by atoms with E-state index in [0.717, 1.165) is 4.57 Å². The highest BCUT2D eigenvalue weighted by atomic mass is 35.5. The van der Waals surface area contributed by atoms with Crippen molar-refractivity contribution in [1.29, 1.82) is 0 Å². The lowest BCUT2D eigenvalue weighted by Crippen LogP contribution is -2.38. The lowest BCUT2D eigenvalue weighted by Gasteiger charge is -2.19. The molecule has 0 aliphatic heterocycles. The summed E-state index contributed by atoms with van der Waals surface area (Å²) in [5, 5.41) is 1.80. The predicted octanol–water partition coefficient (Wildman–Crippen LogP) is 3.80. The Morgan fingerprint density at radius 1 is 1.10 bits per heavy atom. The second-order valence-electron chi connectivity index (χ2n) is 7.78. The van der Waals surface area contributed by atoms with Gasteiger partial charge in [0, 0.05) is 30.3 Å². The Kier molecular flexibility index (Phi) is 6.50. The van der Waals surface area contributed by atoms with E-state index in [1.54, 1.807) is 25.2 Å². The van der Waals surface area contributed by atoms with Gasteiger partial charge in [0.25, 0.3) is 5.56 Å². The number of rotatable bonds is 5. The number of benzene rings is 1. The maximum atomic E-state index is 12.8. The van der Waals surface area contributed by atoms with Crippen molar-refractivity contribution in [1.82, 2.24) is 19.1 Å². The molecule has 160 valence electrons. The number of aryl methyl sites for hydroxylation is 1. The van der Waals surface area contributed by atoms with E-state index in [0.29, 0.717) is 50.0 Å². The summed E-state index contributed by atoms with van der Waals surface area (Å²) in [4.78, 5) is 34.3. The van der Waals surface area contributed by atoms with E-state index < -0.39 is 11.2 Å². The van der Waals surface area contributed by atoms with Gasteiger partial charge < -0.3 is 4.74 Å². The zero-order valence-corrected chi connectivity index (χ0v) is 19.7. The molecule has 0 amide bonds. The van der Waals surface area contributed by atoms with Crippen molar-refractivity contribution in [3.05, 3.63) is 54.9 Å². The number of halogens is 2. The zero-order chi connectivity index (χ0) is 22.2. The topological polar surface area (TPSA) is 79.0 Å². The van der Waals surface area contributed by atoms with Crippen molar-refractivity contribution in [3.8, 4) is 5.75 Å². The molecule has 0 fully saturated rings. The number of nitrogens with zero attached hydrogens (tertiary/aromatic N) is 4. The molecule has 0 radical (unpaired) electrons. The Morgan fingerprint density at radius 2 is 1.80 bits per heavy atom. The SMILES string of the molecule is Cn1c(=O)c2c(SCCOc3ccc(Cl)cc3Cl)nc(C(C)(C)C)nc2n(C)c1=O. The number of hydrogen-bond acceptors (Lipinski definition) is 6. The fourth-order valence-electron chi connectivity index (χ4n) is 2.75. The van der Waals surface area contributed by atoms with Crippen LogP contribution in [-0.4, -0.2) is 31.5 Å². The number of ether oxygens (including phenoxy) is 1. The van der Waals surface area contributed by atoms with Crippen molar-refractivity contribution in [3.63, 3.8) is 0 Å². The van der Waals surface area contributed by atoms with Crippen LogP contribution in [0, 0.1) is 0 Å². The number of aromatic nitrogens is 4. The molecule has 0 aliphatic carbocycles. The fourth-order valence-corrected chi connectivity index (χ4v) is 4.05. The quantitative estimate of drug-likeness (QED) is 0.321. The van der Waals surface area contributed by atoms with Crippen LogP contribution in [0.1, 0.15) is 26.6 Å². The van der Waals surface area contributed by atoms with Gasteiger partial charge in [0.1, 0.15) is 22.0 Å². The summed E-state index contributed by atoms with van der Waals surface area (Å²) in [5.74, 6) is 1.60. The van der Waals surface area contributed by atoms with Crippen LogP contribution < -0.4 is 16.0 Å². The smallest absolute Gasteiger partial charge is 0.332 e. The fraction of sp³-hybridized carbons (Fsp3) is 0.400. The molecular formula is C20H22Cl2N4O3S. The van der Waals surface area contributed by atoms with Gasteiger partial charge in [-0.1, -0.05) is 44.0 Å². The van der Waals surface area contributed by atoms with Gasteiger partial charge >= 0.3 is 5.69 Å². The first-order valence-corrected chi connectivity index (χ1v) is 10.9. The lowest BCUT2D eigenvalue weighted by molar-refractivity contribution is 0.344. The molecule has 0 saturated heterocycles. The molecule has 0 spiro atoms. The minimum atomic E-state index is -0.428. The van der Waals surface area contributed by atoms with E-state index in [-0.39, 0.29) is 5.41 Å². The van der Waals surface area contributed by atoms with Gasteiger partial charge in [-0.25, -0.2) is 14.8 Å². The molecule has 0 N–H and O–H groups in total. The van der Waals surface area contributed by atoms with Gasteiger partial charge in [-0.15, -0.1) is 11.8 Å². The normalized spacial score (nSPS) is 11.8. The summed E-state index contributed by atoms with van der Waals surface area (Å²) in [5.41, 5.74) is -0.874. The summed E-state index contributed by atoms with van der Waals surface area (Å²) in [6.07, 6.45) is 0. The Labute approximate surface area is 188 Å². The molecule has 3 rings (SSSR count). The molecule has 10 heteroatoms. The van der Waals surface area contributed by atoms with Gasteiger partial charge in [-0.3, -0.25) is 13.9 Å². The Hall–Kier alpha value is -2.03. The van der Waals surface area contributed by atoms with Crippen LogP contribution in [0.2, 0.25) is 10.0 Å². The first-order valence-electron chi connectivity index (χ1n) is 9.19. The van der Waals surface area contributed by atoms with E-state index in [2.05, 4.69) is 9.97 Å². The van der Waals surface area contributed by atoms with Gasteiger partial charge in [0.15, 0.2) is 5.65 Å². The summed E-state index contributed by atoms with van der Waals surface area (Å²) < 4.78 is 8.17. The molecule has 0 aliphatic rings. The summed E-state index contributed by atoms with van der Waals surface area (Å²) in [7, 11) is 3.05. The summed E-state index contributed by atoms with van der Waals surface area (Å²) in [6.45, 7) is 6.28. The van der Waals surface area contributed by atoms with E-state index in [9.17, 15) is 9.59 Å². The van der Waals surface area contributed by atoms with E-state index in [1.807, 2.05) is 20.8 Å². The van der Waals surface area contributed by atoms with Crippen LogP contribution in [-0.2, 0) is 19.5 Å². The van der Waals surface area contributed by atoms with Crippen molar-refractivity contribution >= 4 is 46.0 Å². The molecule has 1 aromatic carbocycles. The highest BCUT2D eigenvalue weighted by Crippen LogP contribution is 2.29. The van der Waals surface area contributed by atoms with E-state index in [1.165, 1.54) is 23.4 Å². The first-order chi connectivity index (χ1) is 14.0. The lowest BCUT2D eigenvalue weighted by atomic mass is 9.96. The molecule has 2 heterocycles. The van der Waals surface area contributed by atoms with Crippen molar-refractivity contribution < 1.29 is 4.74 Å². The number of hydrogen-bond donors (Lipinski definition) is 0. The van der Waals surface area contributed by atoms with Crippen LogP contribution in [0.3, 0.4) is 0 Å². The molecule has 3 aromatic rings. The molecule has 0 bridgehead atoms. The molecule has 0 saturated carbocycles. The number of thioether (sulfide) groups is 1. The van der Waals surface area contributed by atoms with E-state index >= 15 is 0 Å². The minimum Gasteiger partial charge on any atom is -0.491 e. The monoisotopic (exact) mass is 468 g/mol. The predicted molar refractivity (Wildman–Crippen MR) is 121 cm³/mol. The first kappa shape index (κ1) is 22.7. The van der Waals surface area contributed by atoms with Gasteiger partial charge in [0.05, 0.1) is 11.6 Å². The van der Waals surface area contributed by atoms with Crippen molar-refractivity contribution in [2.75, 3.05) is 12.4 Å². The van der Waals surface area contributed by atoms with Gasteiger partial charge in [-0.05, 0) is 18.2 Å². The molecule has 0 atom stereocenters. The maximum Gasteiger partial charge on any atom is 0.332 e.